The summed E-state index contributed by atoms with van der Waals surface area (Å²) in [6, 6.07) is 23.7. The summed E-state index contributed by atoms with van der Waals surface area (Å²) in [5.41, 5.74) is 4.78. The quantitative estimate of drug-likeness (QED) is 0.134. The summed E-state index contributed by atoms with van der Waals surface area (Å²) in [6.07, 6.45) is 6.32. The van der Waals surface area contributed by atoms with Crippen LogP contribution in [0.4, 0.5) is 11.4 Å². The van der Waals surface area contributed by atoms with Crippen LogP contribution in [0.15, 0.2) is 97.3 Å². The van der Waals surface area contributed by atoms with Crippen LogP contribution in [0.2, 0.25) is 10.0 Å². The maximum Gasteiger partial charge on any atom is 0.253 e. The van der Waals surface area contributed by atoms with Gasteiger partial charge in [-0.3, -0.25) is 19.4 Å². The SMILES string of the molecule is COCC(=O)N(Cc1cccnc1)c1ccc(C=CC(=O)NCC(=O)N(C)c2ccc(Cl)c(COc3cccc4ccc(C)nc34)c2Cl)cc1. The molecule has 50 heavy (non-hydrogen) atoms. The molecule has 1 N–H and O–H groups in total. The Balaban J connectivity index is 1.18. The summed E-state index contributed by atoms with van der Waals surface area (Å²) in [5.74, 6) is -0.471. The normalized spacial score (nSPS) is 11.1. The van der Waals surface area contributed by atoms with Gasteiger partial charge in [0, 0.05) is 60.0 Å². The predicted octanol–water partition coefficient (Wildman–Crippen LogP) is 6.80. The largest absolute Gasteiger partial charge is 0.487 e. The van der Waals surface area contributed by atoms with Crippen molar-refractivity contribution in [2.75, 3.05) is 37.1 Å². The summed E-state index contributed by atoms with van der Waals surface area (Å²) < 4.78 is 11.2. The number of pyridine rings is 2. The summed E-state index contributed by atoms with van der Waals surface area (Å²) in [4.78, 5) is 50.1. The maximum atomic E-state index is 13.1. The highest BCUT2D eigenvalue weighted by molar-refractivity contribution is 6.38. The lowest BCUT2D eigenvalue weighted by atomic mass is 10.1. The fourth-order valence-corrected chi connectivity index (χ4v) is 5.68. The molecule has 0 aliphatic heterocycles. The molecule has 2 aromatic heterocycles. The van der Waals surface area contributed by atoms with Crippen molar-refractivity contribution in [1.29, 1.82) is 0 Å². The molecule has 0 spiro atoms. The number of carbonyl (C=O) groups is 3. The van der Waals surface area contributed by atoms with E-state index in [1.165, 1.54) is 18.1 Å². The molecule has 0 saturated carbocycles. The van der Waals surface area contributed by atoms with Crippen molar-refractivity contribution in [2.24, 2.45) is 0 Å². The van der Waals surface area contributed by atoms with Gasteiger partial charge in [-0.2, -0.15) is 0 Å². The number of likely N-dealkylation sites (N-methyl/N-ethyl adjacent to an activating group) is 1. The number of nitrogens with one attached hydrogen (secondary N) is 1. The second-order valence-electron chi connectivity index (χ2n) is 11.3. The Kier molecular flexibility index (Phi) is 12.2. The Hall–Kier alpha value is -5.29. The summed E-state index contributed by atoms with van der Waals surface area (Å²) in [7, 11) is 3.04. The first-order chi connectivity index (χ1) is 24.1. The van der Waals surface area contributed by atoms with Crippen LogP contribution in [-0.2, 0) is 32.3 Å². The predicted molar refractivity (Wildman–Crippen MR) is 196 cm³/mol. The molecule has 0 aliphatic carbocycles. The monoisotopic (exact) mass is 711 g/mol. The molecule has 0 fully saturated rings. The van der Waals surface area contributed by atoms with Crippen LogP contribution in [0.3, 0.4) is 0 Å². The maximum absolute atomic E-state index is 13.1. The van der Waals surface area contributed by atoms with Crippen molar-refractivity contribution in [1.82, 2.24) is 15.3 Å². The standard InChI is InChI=1S/C38H35Cl2N5O5/c1-25-9-13-28-7-4-8-33(38(28)43-25)50-23-30-31(39)16-17-32(37(30)40)44(2)35(47)21-42-34(46)18-12-26-10-14-29(15-11-26)45(36(48)24-49-3)22-27-6-5-19-41-20-27/h4-20H,21-24H2,1-3H3,(H,42,46). The number of hydrogen-bond donors (Lipinski definition) is 1. The summed E-state index contributed by atoms with van der Waals surface area (Å²) in [6.45, 7) is 1.95. The zero-order valence-corrected chi connectivity index (χ0v) is 29.2. The molecule has 3 amide bonds. The second kappa shape index (κ2) is 16.9. The van der Waals surface area contributed by atoms with Crippen molar-refractivity contribution in [3.8, 4) is 5.75 Å². The second-order valence-corrected chi connectivity index (χ2v) is 12.1. The molecule has 0 unspecified atom stereocenters. The van der Waals surface area contributed by atoms with E-state index >= 15 is 0 Å². The van der Waals surface area contributed by atoms with E-state index in [0.29, 0.717) is 34.3 Å². The molecule has 10 nitrogen and oxygen atoms in total. The molecule has 256 valence electrons. The minimum Gasteiger partial charge on any atom is -0.487 e. The molecule has 0 saturated heterocycles. The van der Waals surface area contributed by atoms with Gasteiger partial charge >= 0.3 is 0 Å². The number of para-hydroxylation sites is 1. The number of aromatic nitrogens is 2. The number of nitrogens with zero attached hydrogens (tertiary/aromatic N) is 4. The Morgan fingerprint density at radius 1 is 0.940 bits per heavy atom. The molecule has 0 atom stereocenters. The molecular formula is C38H35Cl2N5O5. The number of amides is 3. The minimum atomic E-state index is -0.459. The zero-order valence-electron chi connectivity index (χ0n) is 27.7. The third-order valence-electron chi connectivity index (χ3n) is 7.77. The topological polar surface area (TPSA) is 114 Å². The molecule has 5 rings (SSSR count). The Morgan fingerprint density at radius 2 is 1.74 bits per heavy atom. The molecule has 0 aliphatic rings. The van der Waals surface area contributed by atoms with Crippen LogP contribution >= 0.6 is 23.2 Å². The van der Waals surface area contributed by atoms with Crippen molar-refractivity contribution in [3.63, 3.8) is 0 Å². The zero-order chi connectivity index (χ0) is 35.6. The first kappa shape index (κ1) is 36.0. The highest BCUT2D eigenvalue weighted by Crippen LogP contribution is 2.35. The van der Waals surface area contributed by atoms with Gasteiger partial charge in [0.2, 0.25) is 11.8 Å². The smallest absolute Gasteiger partial charge is 0.253 e. The highest BCUT2D eigenvalue weighted by Gasteiger charge is 2.20. The number of fused-ring (bicyclic) bond motifs is 1. The number of carbonyl (C=O) groups excluding carboxylic acids is 3. The number of hydrogen-bond acceptors (Lipinski definition) is 7. The van der Waals surface area contributed by atoms with Crippen molar-refractivity contribution in [3.05, 3.63) is 130 Å². The molecule has 12 heteroatoms. The van der Waals surface area contributed by atoms with E-state index in [1.807, 2.05) is 49.4 Å². The third-order valence-corrected chi connectivity index (χ3v) is 8.55. The first-order valence-electron chi connectivity index (χ1n) is 15.6. The Bertz CT molecular complexity index is 2020. The van der Waals surface area contributed by atoms with Crippen LogP contribution in [0.1, 0.15) is 22.4 Å². The van der Waals surface area contributed by atoms with Gasteiger partial charge in [0.15, 0.2) is 0 Å². The molecule has 0 bridgehead atoms. The van der Waals surface area contributed by atoms with E-state index in [9.17, 15) is 14.4 Å². The lowest BCUT2D eigenvalue weighted by Crippen LogP contribution is -2.37. The van der Waals surface area contributed by atoms with Crippen molar-refractivity contribution >= 4 is 69.3 Å². The van der Waals surface area contributed by atoms with Crippen molar-refractivity contribution in [2.45, 2.75) is 20.1 Å². The number of methoxy groups -OCH3 is 1. The number of aryl methyl sites for hydroxylation is 1. The number of halogens is 2. The van der Waals surface area contributed by atoms with Gasteiger partial charge in [0.05, 0.1) is 23.8 Å². The number of anilines is 2. The number of ether oxygens (including phenoxy) is 2. The van der Waals surface area contributed by atoms with Crippen molar-refractivity contribution < 1.29 is 23.9 Å². The minimum absolute atomic E-state index is 0.0524. The average Bonchev–Trinajstić information content (AvgIpc) is 3.12. The van der Waals surface area contributed by atoms with Gasteiger partial charge in [-0.15, -0.1) is 0 Å². The lowest BCUT2D eigenvalue weighted by Gasteiger charge is -2.22. The molecular weight excluding hydrogens is 677 g/mol. The highest BCUT2D eigenvalue weighted by atomic mass is 35.5. The van der Waals surface area contributed by atoms with Gasteiger partial charge in [-0.05, 0) is 66.6 Å². The number of rotatable bonds is 13. The van der Waals surface area contributed by atoms with E-state index in [0.717, 1.165) is 27.7 Å². The first-order valence-corrected chi connectivity index (χ1v) is 16.4. The molecule has 5 aromatic rings. The molecule has 0 radical (unpaired) electrons. The van der Waals surface area contributed by atoms with Crippen LogP contribution in [0, 0.1) is 6.92 Å². The van der Waals surface area contributed by atoms with E-state index < -0.39 is 11.8 Å². The summed E-state index contributed by atoms with van der Waals surface area (Å²) in [5, 5.41) is 4.20. The number of benzene rings is 3. The lowest BCUT2D eigenvalue weighted by molar-refractivity contribution is -0.122. The Morgan fingerprint density at radius 3 is 2.48 bits per heavy atom. The van der Waals surface area contributed by atoms with Gasteiger partial charge in [-0.1, -0.05) is 59.6 Å². The fourth-order valence-electron chi connectivity index (χ4n) is 5.07. The van der Waals surface area contributed by atoms with E-state index in [2.05, 4.69) is 15.3 Å². The van der Waals surface area contributed by atoms with Gasteiger partial charge in [-0.25, -0.2) is 4.98 Å². The molecule has 2 heterocycles. The van der Waals surface area contributed by atoms with Crippen LogP contribution in [-0.4, -0.2) is 55.0 Å². The summed E-state index contributed by atoms with van der Waals surface area (Å²) >= 11 is 13.2. The van der Waals surface area contributed by atoms with Crippen LogP contribution in [0.5, 0.6) is 5.75 Å². The van der Waals surface area contributed by atoms with E-state index in [1.54, 1.807) is 66.8 Å². The van der Waals surface area contributed by atoms with Crippen LogP contribution in [0.25, 0.3) is 17.0 Å². The van der Waals surface area contributed by atoms with Gasteiger partial charge < -0.3 is 24.6 Å². The van der Waals surface area contributed by atoms with E-state index in [-0.39, 0.29) is 30.7 Å². The Labute approximate surface area is 300 Å². The molecule has 3 aromatic carbocycles. The van der Waals surface area contributed by atoms with Gasteiger partial charge in [0.1, 0.15) is 24.5 Å². The third kappa shape index (κ3) is 9.03. The fraction of sp³-hybridized carbons (Fsp3) is 0.184. The van der Waals surface area contributed by atoms with Crippen LogP contribution < -0.4 is 19.9 Å². The average molecular weight is 713 g/mol. The van der Waals surface area contributed by atoms with Gasteiger partial charge in [0.25, 0.3) is 5.91 Å². The van der Waals surface area contributed by atoms with E-state index in [4.69, 9.17) is 32.7 Å².